The van der Waals surface area contributed by atoms with Crippen LogP contribution in [0.2, 0.25) is 0 Å². The van der Waals surface area contributed by atoms with Crippen molar-refractivity contribution in [3.05, 3.63) is 22.7 Å². The Morgan fingerprint density at radius 2 is 2.17 bits per heavy atom. The Morgan fingerprint density at radius 3 is 2.67 bits per heavy atom. The van der Waals surface area contributed by atoms with Crippen LogP contribution in [-0.2, 0) is 10.0 Å². The lowest BCUT2D eigenvalue weighted by atomic mass is 10.3. The maximum Gasteiger partial charge on any atom is 0.240 e. The highest BCUT2D eigenvalue weighted by Gasteiger charge is 2.42. The Kier molecular flexibility index (Phi) is 3.96. The van der Waals surface area contributed by atoms with Crippen molar-refractivity contribution < 1.29 is 8.42 Å². The molecule has 0 saturated heterocycles. The molecule has 0 unspecified atom stereocenters. The summed E-state index contributed by atoms with van der Waals surface area (Å²) < 4.78 is 27.6. The molecule has 7 heteroatoms. The highest BCUT2D eigenvalue weighted by atomic mass is 79.9. The van der Waals surface area contributed by atoms with Crippen molar-refractivity contribution in [1.29, 1.82) is 0 Å². The molecule has 0 bridgehead atoms. The lowest BCUT2D eigenvalue weighted by Gasteiger charge is -2.13. The molecule has 1 aliphatic carbocycles. The van der Waals surface area contributed by atoms with E-state index in [0.717, 1.165) is 12.8 Å². The van der Waals surface area contributed by atoms with Crippen molar-refractivity contribution in [2.75, 3.05) is 18.5 Å². The summed E-state index contributed by atoms with van der Waals surface area (Å²) in [6.07, 6.45) is 4.15. The third kappa shape index (κ3) is 3.01. The van der Waals surface area contributed by atoms with E-state index in [2.05, 4.69) is 20.7 Å². The predicted molar refractivity (Wildman–Crippen MR) is 79.2 cm³/mol. The van der Waals surface area contributed by atoms with Crippen LogP contribution < -0.4 is 10.5 Å². The maximum atomic E-state index is 12.1. The van der Waals surface area contributed by atoms with Gasteiger partial charge in [0.05, 0.1) is 4.90 Å². The zero-order chi connectivity index (χ0) is 13.4. The van der Waals surface area contributed by atoms with Crippen LogP contribution in [0.5, 0.6) is 0 Å². The fraction of sp³-hybridized carbons (Fsp3) is 0.455. The first-order valence-corrected chi connectivity index (χ1v) is 8.98. The SMILES string of the molecule is CSC1(CNS(=O)(=O)c2ccc(Br)c(N)c2)CC1. The van der Waals surface area contributed by atoms with Gasteiger partial charge in [-0.15, -0.1) is 0 Å². The summed E-state index contributed by atoms with van der Waals surface area (Å²) in [5.74, 6) is 0. The van der Waals surface area contributed by atoms with Gasteiger partial charge in [0.25, 0.3) is 0 Å². The molecule has 18 heavy (non-hydrogen) atoms. The summed E-state index contributed by atoms with van der Waals surface area (Å²) >= 11 is 4.97. The minimum atomic E-state index is -3.47. The van der Waals surface area contributed by atoms with Gasteiger partial charge in [-0.05, 0) is 53.2 Å². The van der Waals surface area contributed by atoms with E-state index in [1.165, 1.54) is 6.07 Å². The number of sulfonamides is 1. The first-order valence-electron chi connectivity index (χ1n) is 5.48. The van der Waals surface area contributed by atoms with E-state index in [-0.39, 0.29) is 9.64 Å². The Hall–Kier alpha value is -0.240. The van der Waals surface area contributed by atoms with Crippen LogP contribution in [0.4, 0.5) is 5.69 Å². The molecule has 1 aromatic carbocycles. The standard InChI is InChI=1S/C11H15BrN2O2S2/c1-17-11(4-5-11)7-14-18(15,16)8-2-3-9(12)10(13)6-8/h2-3,6,14H,4-5,7,13H2,1H3. The first kappa shape index (κ1) is 14.2. The molecule has 3 N–H and O–H groups in total. The molecule has 0 aliphatic heterocycles. The summed E-state index contributed by atoms with van der Waals surface area (Å²) in [7, 11) is -3.47. The minimum absolute atomic E-state index is 0.105. The van der Waals surface area contributed by atoms with Crippen LogP contribution in [0.15, 0.2) is 27.6 Å². The maximum absolute atomic E-state index is 12.1. The van der Waals surface area contributed by atoms with Crippen molar-refractivity contribution in [2.45, 2.75) is 22.5 Å². The third-order valence-corrected chi connectivity index (χ3v) is 6.64. The number of halogens is 1. The Labute approximate surface area is 120 Å². The predicted octanol–water partition coefficient (Wildman–Crippen LogP) is 2.21. The topological polar surface area (TPSA) is 72.2 Å². The highest BCUT2D eigenvalue weighted by molar-refractivity contribution is 9.10. The van der Waals surface area contributed by atoms with Gasteiger partial charge in [0, 0.05) is 21.5 Å². The largest absolute Gasteiger partial charge is 0.398 e. The van der Waals surface area contributed by atoms with Gasteiger partial charge >= 0.3 is 0 Å². The number of nitrogen functional groups attached to an aromatic ring is 1. The molecule has 0 spiro atoms. The lowest BCUT2D eigenvalue weighted by Crippen LogP contribution is -2.31. The fourth-order valence-corrected chi connectivity index (χ4v) is 3.82. The number of hydrogen-bond acceptors (Lipinski definition) is 4. The molecule has 1 aliphatic rings. The molecule has 0 heterocycles. The van der Waals surface area contributed by atoms with Crippen LogP contribution in [0.3, 0.4) is 0 Å². The molecule has 4 nitrogen and oxygen atoms in total. The average molecular weight is 351 g/mol. The molecule has 2 rings (SSSR count). The van der Waals surface area contributed by atoms with Crippen molar-refractivity contribution in [1.82, 2.24) is 4.72 Å². The summed E-state index contributed by atoms with van der Waals surface area (Å²) in [5, 5.41) is 0. The van der Waals surface area contributed by atoms with E-state index in [1.807, 2.05) is 6.26 Å². The van der Waals surface area contributed by atoms with Crippen LogP contribution in [0, 0.1) is 0 Å². The van der Waals surface area contributed by atoms with Gasteiger partial charge in [-0.3, -0.25) is 0 Å². The molecule has 1 fully saturated rings. The average Bonchev–Trinajstić information content (AvgIpc) is 3.11. The fourth-order valence-electron chi connectivity index (χ4n) is 1.59. The zero-order valence-corrected chi connectivity index (χ0v) is 13.2. The summed E-state index contributed by atoms with van der Waals surface area (Å²) in [6.45, 7) is 0.479. The number of hydrogen-bond donors (Lipinski definition) is 2. The minimum Gasteiger partial charge on any atom is -0.398 e. The number of benzene rings is 1. The molecular weight excluding hydrogens is 336 g/mol. The molecule has 0 radical (unpaired) electrons. The Bertz CT molecular complexity index is 556. The molecule has 1 saturated carbocycles. The number of nitrogens with one attached hydrogen (secondary N) is 1. The van der Waals surface area contributed by atoms with E-state index in [0.29, 0.717) is 16.7 Å². The van der Waals surface area contributed by atoms with Gasteiger partial charge in [-0.2, -0.15) is 11.8 Å². The van der Waals surface area contributed by atoms with E-state index in [1.54, 1.807) is 23.9 Å². The summed E-state index contributed by atoms with van der Waals surface area (Å²) in [4.78, 5) is 0.208. The van der Waals surface area contributed by atoms with Crippen molar-refractivity contribution in [3.63, 3.8) is 0 Å². The first-order chi connectivity index (χ1) is 8.38. The van der Waals surface area contributed by atoms with Crippen molar-refractivity contribution >= 4 is 43.4 Å². The second-order valence-electron chi connectivity index (χ2n) is 4.40. The van der Waals surface area contributed by atoms with E-state index >= 15 is 0 Å². The summed E-state index contributed by atoms with van der Waals surface area (Å²) in [6, 6.07) is 4.65. The van der Waals surface area contributed by atoms with E-state index in [9.17, 15) is 8.42 Å². The van der Waals surface area contributed by atoms with Gasteiger partial charge < -0.3 is 5.73 Å². The molecule has 1 aromatic rings. The van der Waals surface area contributed by atoms with Crippen LogP contribution in [-0.4, -0.2) is 26.0 Å². The molecule has 0 aromatic heterocycles. The van der Waals surface area contributed by atoms with E-state index < -0.39 is 10.0 Å². The van der Waals surface area contributed by atoms with Gasteiger partial charge in [0.2, 0.25) is 10.0 Å². The Morgan fingerprint density at radius 1 is 1.50 bits per heavy atom. The third-order valence-electron chi connectivity index (χ3n) is 3.10. The monoisotopic (exact) mass is 350 g/mol. The van der Waals surface area contributed by atoms with Gasteiger partial charge in [0.1, 0.15) is 0 Å². The van der Waals surface area contributed by atoms with Crippen LogP contribution in [0.25, 0.3) is 0 Å². The number of nitrogens with two attached hydrogens (primary N) is 1. The van der Waals surface area contributed by atoms with Gasteiger partial charge in [0.15, 0.2) is 0 Å². The van der Waals surface area contributed by atoms with Crippen LogP contribution in [0.1, 0.15) is 12.8 Å². The normalized spacial score (nSPS) is 17.7. The number of rotatable bonds is 5. The zero-order valence-electron chi connectivity index (χ0n) is 9.94. The summed E-state index contributed by atoms with van der Waals surface area (Å²) in [5.41, 5.74) is 6.11. The van der Waals surface area contributed by atoms with Crippen LogP contribution >= 0.6 is 27.7 Å². The number of anilines is 1. The second-order valence-corrected chi connectivity index (χ2v) is 8.29. The quantitative estimate of drug-likeness (QED) is 0.798. The van der Waals surface area contributed by atoms with Gasteiger partial charge in [-0.1, -0.05) is 0 Å². The van der Waals surface area contributed by atoms with Crippen molar-refractivity contribution in [2.24, 2.45) is 0 Å². The molecule has 100 valence electrons. The second kappa shape index (κ2) is 5.03. The van der Waals surface area contributed by atoms with E-state index in [4.69, 9.17) is 5.73 Å². The molecule has 0 amide bonds. The molecular formula is C11H15BrN2O2S2. The smallest absolute Gasteiger partial charge is 0.240 e. The highest BCUT2D eigenvalue weighted by Crippen LogP contribution is 2.46. The lowest BCUT2D eigenvalue weighted by molar-refractivity contribution is 0.580. The van der Waals surface area contributed by atoms with Gasteiger partial charge in [-0.25, -0.2) is 13.1 Å². The Balaban J connectivity index is 2.13. The molecule has 0 atom stereocenters. The van der Waals surface area contributed by atoms with Crippen molar-refractivity contribution in [3.8, 4) is 0 Å². The number of thioether (sulfide) groups is 1.